The van der Waals surface area contributed by atoms with Crippen LogP contribution < -0.4 is 0 Å². The van der Waals surface area contributed by atoms with E-state index in [0.29, 0.717) is 12.2 Å². The van der Waals surface area contributed by atoms with Crippen molar-refractivity contribution in [2.24, 2.45) is 5.92 Å². The van der Waals surface area contributed by atoms with Crippen LogP contribution in [0.1, 0.15) is 32.1 Å². The lowest BCUT2D eigenvalue weighted by atomic mass is 9.90. The Kier molecular flexibility index (Phi) is 7.41. The average molecular weight is 244 g/mol. The van der Waals surface area contributed by atoms with Crippen LogP contribution in [-0.4, -0.2) is 33.2 Å². The Bertz CT molecular complexity index is 285. The van der Waals surface area contributed by atoms with E-state index in [1.165, 1.54) is 6.42 Å². The Morgan fingerprint density at radius 2 is 1.24 bits per heavy atom. The molecule has 1 aliphatic carbocycles. The predicted octanol–water partition coefficient (Wildman–Crippen LogP) is 1.36. The van der Waals surface area contributed by atoms with Crippen molar-refractivity contribution in [2.75, 3.05) is 0 Å². The molecule has 0 saturated heterocycles. The highest BCUT2D eigenvalue weighted by Gasteiger charge is 2.19. The Hall–Kier alpha value is -1.85. The second-order valence-electron chi connectivity index (χ2n) is 3.68. The lowest BCUT2D eigenvalue weighted by molar-refractivity contribution is -0.142. The van der Waals surface area contributed by atoms with E-state index in [9.17, 15) is 14.4 Å². The first-order valence-electron chi connectivity index (χ1n) is 5.30. The topological polar surface area (TPSA) is 112 Å². The molecule has 1 aliphatic rings. The zero-order valence-corrected chi connectivity index (χ0v) is 9.33. The van der Waals surface area contributed by atoms with Crippen molar-refractivity contribution < 1.29 is 29.7 Å². The van der Waals surface area contributed by atoms with Crippen LogP contribution in [0.5, 0.6) is 0 Å². The minimum atomic E-state index is -1.26. The van der Waals surface area contributed by atoms with Gasteiger partial charge < -0.3 is 15.3 Å². The number of hydrogen-bond acceptors (Lipinski definition) is 3. The summed E-state index contributed by atoms with van der Waals surface area (Å²) in [5, 5.41) is 24.2. The highest BCUT2D eigenvalue weighted by molar-refractivity contribution is 5.89. The number of hydrogen-bond donors (Lipinski definition) is 3. The molecule has 0 spiro atoms. The molecule has 0 atom stereocenters. The molecule has 0 amide bonds. The lowest BCUT2D eigenvalue weighted by Gasteiger charge is -2.16. The summed E-state index contributed by atoms with van der Waals surface area (Å²) in [7, 11) is 0. The highest BCUT2D eigenvalue weighted by atomic mass is 16.4. The van der Waals surface area contributed by atoms with Crippen molar-refractivity contribution in [3.63, 3.8) is 0 Å². The van der Waals surface area contributed by atoms with Crippen LogP contribution in [-0.2, 0) is 14.4 Å². The van der Waals surface area contributed by atoms with Gasteiger partial charge in [0.25, 0.3) is 0 Å². The molecule has 0 aromatic carbocycles. The fraction of sp³-hybridized carbons (Fsp3) is 0.545. The van der Waals surface area contributed by atoms with E-state index < -0.39 is 17.9 Å². The lowest BCUT2D eigenvalue weighted by Crippen LogP contribution is -2.16. The van der Waals surface area contributed by atoms with E-state index in [1.54, 1.807) is 0 Å². The third kappa shape index (κ3) is 9.10. The molecule has 96 valence electrons. The molecule has 1 fully saturated rings. The fourth-order valence-corrected chi connectivity index (χ4v) is 1.49. The first-order chi connectivity index (χ1) is 7.93. The molecule has 0 bridgehead atoms. The van der Waals surface area contributed by atoms with Crippen molar-refractivity contribution in [1.82, 2.24) is 0 Å². The maximum absolute atomic E-state index is 10.4. The largest absolute Gasteiger partial charge is 0.481 e. The third-order valence-corrected chi connectivity index (χ3v) is 2.32. The smallest absolute Gasteiger partial charge is 0.328 e. The quantitative estimate of drug-likeness (QED) is 0.646. The van der Waals surface area contributed by atoms with Gasteiger partial charge in [0.2, 0.25) is 0 Å². The normalized spacial score (nSPS) is 16.0. The van der Waals surface area contributed by atoms with E-state index in [0.717, 1.165) is 25.7 Å². The summed E-state index contributed by atoms with van der Waals surface area (Å²) in [5.74, 6) is -3.15. The molecule has 3 N–H and O–H groups in total. The fourth-order valence-electron chi connectivity index (χ4n) is 1.49. The van der Waals surface area contributed by atoms with E-state index in [4.69, 9.17) is 15.3 Å². The van der Waals surface area contributed by atoms with Crippen molar-refractivity contribution in [3.8, 4) is 0 Å². The summed E-state index contributed by atoms with van der Waals surface area (Å²) in [6, 6.07) is 0. The molecule has 1 saturated carbocycles. The van der Waals surface area contributed by atoms with Gasteiger partial charge in [0.05, 0.1) is 5.92 Å². The van der Waals surface area contributed by atoms with E-state index in [1.807, 2.05) is 0 Å². The van der Waals surface area contributed by atoms with Crippen LogP contribution in [0.15, 0.2) is 12.2 Å². The summed E-state index contributed by atoms with van der Waals surface area (Å²) in [6.07, 6.45) is 6.35. The minimum absolute atomic E-state index is 0.0289. The average Bonchev–Trinajstić information content (AvgIpc) is 2.28. The summed E-state index contributed by atoms with van der Waals surface area (Å²) >= 11 is 0. The van der Waals surface area contributed by atoms with Gasteiger partial charge in [-0.3, -0.25) is 4.79 Å². The molecule has 0 heterocycles. The van der Waals surface area contributed by atoms with Gasteiger partial charge in [-0.25, -0.2) is 9.59 Å². The molecule has 17 heavy (non-hydrogen) atoms. The Morgan fingerprint density at radius 3 is 1.47 bits per heavy atom. The van der Waals surface area contributed by atoms with Gasteiger partial charge in [-0.15, -0.1) is 0 Å². The van der Waals surface area contributed by atoms with Crippen LogP contribution in [0.3, 0.4) is 0 Å². The van der Waals surface area contributed by atoms with Crippen molar-refractivity contribution >= 4 is 17.9 Å². The predicted molar refractivity (Wildman–Crippen MR) is 58.6 cm³/mol. The van der Waals surface area contributed by atoms with E-state index in [-0.39, 0.29) is 5.92 Å². The molecule has 0 unspecified atom stereocenters. The second-order valence-corrected chi connectivity index (χ2v) is 3.68. The van der Waals surface area contributed by atoms with Crippen molar-refractivity contribution in [1.29, 1.82) is 0 Å². The first-order valence-corrected chi connectivity index (χ1v) is 5.30. The molecular weight excluding hydrogens is 228 g/mol. The van der Waals surface area contributed by atoms with Gasteiger partial charge in [-0.2, -0.15) is 0 Å². The van der Waals surface area contributed by atoms with Gasteiger partial charge in [0.1, 0.15) is 0 Å². The summed E-state index contributed by atoms with van der Waals surface area (Å²) in [6.45, 7) is 0. The van der Waals surface area contributed by atoms with Crippen LogP contribution in [0, 0.1) is 5.92 Å². The van der Waals surface area contributed by atoms with Gasteiger partial charge >= 0.3 is 17.9 Å². The van der Waals surface area contributed by atoms with Gasteiger partial charge in [-0.05, 0) is 12.8 Å². The first kappa shape index (κ1) is 15.2. The summed E-state index contributed by atoms with van der Waals surface area (Å²) in [5.41, 5.74) is 0. The van der Waals surface area contributed by atoms with Gasteiger partial charge in [0, 0.05) is 12.2 Å². The molecular formula is C11H16O6. The van der Waals surface area contributed by atoms with E-state index in [2.05, 4.69) is 0 Å². The van der Waals surface area contributed by atoms with E-state index >= 15 is 0 Å². The maximum atomic E-state index is 10.4. The van der Waals surface area contributed by atoms with Crippen molar-refractivity contribution in [3.05, 3.63) is 12.2 Å². The monoisotopic (exact) mass is 244 g/mol. The van der Waals surface area contributed by atoms with Gasteiger partial charge in [0.15, 0.2) is 0 Å². The third-order valence-electron chi connectivity index (χ3n) is 2.32. The van der Waals surface area contributed by atoms with Crippen molar-refractivity contribution in [2.45, 2.75) is 32.1 Å². The molecule has 0 aliphatic heterocycles. The minimum Gasteiger partial charge on any atom is -0.481 e. The van der Waals surface area contributed by atoms with Crippen LogP contribution >= 0.6 is 0 Å². The number of aliphatic carboxylic acids is 3. The molecule has 1 rings (SSSR count). The molecule has 6 nitrogen and oxygen atoms in total. The molecule has 0 radical (unpaired) electrons. The summed E-state index contributed by atoms with van der Waals surface area (Å²) in [4.78, 5) is 29.5. The Morgan fingerprint density at radius 1 is 0.824 bits per heavy atom. The zero-order valence-electron chi connectivity index (χ0n) is 9.33. The number of carboxylic acids is 3. The zero-order chi connectivity index (χ0) is 13.3. The molecule has 6 heteroatoms. The van der Waals surface area contributed by atoms with Crippen LogP contribution in [0.2, 0.25) is 0 Å². The Labute approximate surface area is 98.6 Å². The molecule has 0 aromatic heterocycles. The standard InChI is InChI=1S/C7H12O2.C4H4O4/c8-7(9)6-4-2-1-3-5-6;5-3(6)1-2-4(7)8/h6H,1-5H2,(H,8,9);1-2H,(H,5,6)(H,7,8)/b;2-1+. The Balaban J connectivity index is 0.000000304. The van der Waals surface area contributed by atoms with Crippen LogP contribution in [0.25, 0.3) is 0 Å². The SMILES string of the molecule is O=C(O)/C=C/C(=O)O.O=C(O)C1CCCCC1. The highest BCUT2D eigenvalue weighted by Crippen LogP contribution is 2.23. The second kappa shape index (κ2) is 8.32. The number of carbonyl (C=O) groups is 3. The number of rotatable bonds is 3. The van der Waals surface area contributed by atoms with Crippen LogP contribution in [0.4, 0.5) is 0 Å². The summed E-state index contributed by atoms with van der Waals surface area (Å²) < 4.78 is 0. The van der Waals surface area contributed by atoms with Gasteiger partial charge in [-0.1, -0.05) is 19.3 Å². The number of carboxylic acid groups (broad SMARTS) is 3. The maximum Gasteiger partial charge on any atom is 0.328 e. The molecule has 0 aromatic rings.